The van der Waals surface area contributed by atoms with Gasteiger partial charge in [0.25, 0.3) is 14.4 Å². The minimum atomic E-state index is -2.48. The van der Waals surface area contributed by atoms with Gasteiger partial charge in [0.2, 0.25) is 0 Å². The Labute approximate surface area is 330 Å². The van der Waals surface area contributed by atoms with E-state index in [2.05, 4.69) is 117 Å². The van der Waals surface area contributed by atoms with E-state index in [1.54, 1.807) is 48.3 Å². The van der Waals surface area contributed by atoms with E-state index in [9.17, 15) is 14.9 Å². The first-order chi connectivity index (χ1) is 25.1. The van der Waals surface area contributed by atoms with Gasteiger partial charge in [-0.25, -0.2) is 9.46 Å². The van der Waals surface area contributed by atoms with E-state index < -0.39 is 47.1 Å². The summed E-state index contributed by atoms with van der Waals surface area (Å²) < 4.78 is 37.4. The summed E-state index contributed by atoms with van der Waals surface area (Å²) in [6, 6.07) is 12.5. The molecule has 2 unspecified atom stereocenters. The van der Waals surface area contributed by atoms with Crippen molar-refractivity contribution in [1.82, 2.24) is 14.2 Å². The molecule has 2 aromatic rings. The van der Waals surface area contributed by atoms with Gasteiger partial charge in [0.15, 0.2) is 14.5 Å². The number of amides is 1. The number of hydrogen-bond donors (Lipinski definition) is 1. The van der Waals surface area contributed by atoms with Crippen LogP contribution >= 0.6 is 20.3 Å². The Morgan fingerprint density at radius 3 is 2.24 bits per heavy atom. The number of hydrogen-bond acceptors (Lipinski definition) is 11. The first kappa shape index (κ1) is 46.2. The Morgan fingerprint density at radius 1 is 1.07 bits per heavy atom. The predicted molar refractivity (Wildman–Crippen MR) is 221 cm³/mol. The number of carbonyl (C=O) groups is 1. The number of nitriles is 1. The predicted octanol–water partition coefficient (Wildman–Crippen LogP) is 8.63. The maximum absolute atomic E-state index is 13.9. The molecule has 0 bridgehead atoms. The number of carbonyl (C=O) groups excluding carboxylic acids is 1. The van der Waals surface area contributed by atoms with Gasteiger partial charge >= 0.3 is 5.69 Å². The highest BCUT2D eigenvalue weighted by atomic mass is 32.2. The first-order valence-corrected chi connectivity index (χ1v) is 24.0. The van der Waals surface area contributed by atoms with Gasteiger partial charge in [0, 0.05) is 34.0 Å². The van der Waals surface area contributed by atoms with Crippen LogP contribution in [0.2, 0.25) is 18.1 Å². The average molecular weight is 806 g/mol. The van der Waals surface area contributed by atoms with Crippen LogP contribution in [0.3, 0.4) is 0 Å². The molecule has 302 valence electrons. The van der Waals surface area contributed by atoms with Crippen molar-refractivity contribution >= 4 is 40.3 Å². The first-order valence-electron chi connectivity index (χ1n) is 18.7. The van der Waals surface area contributed by atoms with Gasteiger partial charge in [-0.15, -0.1) is 0 Å². The molecule has 1 aliphatic rings. The molecule has 0 aliphatic carbocycles. The number of nitrogens with one attached hydrogen (secondary N) is 1. The smallest absolute Gasteiger partial charge is 0.351 e. The summed E-state index contributed by atoms with van der Waals surface area (Å²) in [5.74, 6) is -0.269. The van der Waals surface area contributed by atoms with Crippen LogP contribution in [-0.4, -0.2) is 89.7 Å². The van der Waals surface area contributed by atoms with E-state index in [1.165, 1.54) is 4.57 Å². The van der Waals surface area contributed by atoms with Crippen molar-refractivity contribution in [2.24, 2.45) is 5.41 Å². The third kappa shape index (κ3) is 11.7. The van der Waals surface area contributed by atoms with Crippen molar-refractivity contribution in [3.63, 3.8) is 0 Å². The average Bonchev–Trinajstić information content (AvgIpc) is 3.39. The highest BCUT2D eigenvalue weighted by Gasteiger charge is 2.53. The molecule has 0 spiro atoms. The molecule has 0 radical (unpaired) electrons. The Kier molecular flexibility index (Phi) is 16.5. The maximum Gasteiger partial charge on any atom is 0.351 e. The monoisotopic (exact) mass is 805 g/mol. The van der Waals surface area contributed by atoms with Crippen molar-refractivity contribution in [2.45, 2.75) is 142 Å². The van der Waals surface area contributed by atoms with E-state index in [0.717, 1.165) is 0 Å². The second-order valence-electron chi connectivity index (χ2n) is 17.0. The lowest BCUT2D eigenvalue weighted by Gasteiger charge is -2.42. The Hall–Kier alpha value is -2.18. The Morgan fingerprint density at radius 2 is 1.70 bits per heavy atom. The van der Waals surface area contributed by atoms with Crippen LogP contribution in [0.4, 0.5) is 5.82 Å². The fourth-order valence-electron chi connectivity index (χ4n) is 5.57. The lowest BCUT2D eigenvalue weighted by Crippen LogP contribution is -2.51. The molecule has 1 amide bonds. The van der Waals surface area contributed by atoms with Gasteiger partial charge in [0.1, 0.15) is 24.1 Å². The van der Waals surface area contributed by atoms with Gasteiger partial charge < -0.3 is 28.3 Å². The zero-order chi connectivity index (χ0) is 40.6. The van der Waals surface area contributed by atoms with Crippen molar-refractivity contribution in [3.05, 3.63) is 58.6 Å². The van der Waals surface area contributed by atoms with Gasteiger partial charge in [-0.2, -0.15) is 22.0 Å². The van der Waals surface area contributed by atoms with Crippen LogP contribution in [0.15, 0.2) is 47.4 Å². The fourth-order valence-corrected chi connectivity index (χ4v) is 9.24. The molecule has 1 fully saturated rings. The second-order valence-corrected chi connectivity index (χ2v) is 24.6. The van der Waals surface area contributed by atoms with Crippen molar-refractivity contribution in [1.29, 1.82) is 5.26 Å². The molecule has 1 aliphatic heterocycles. The van der Waals surface area contributed by atoms with E-state index in [4.69, 9.17) is 22.9 Å². The van der Waals surface area contributed by atoms with Gasteiger partial charge in [-0.05, 0) is 70.3 Å². The number of anilines is 1. The zero-order valence-corrected chi connectivity index (χ0v) is 37.5. The van der Waals surface area contributed by atoms with Crippen LogP contribution < -0.4 is 11.0 Å². The normalized spacial score (nSPS) is 20.4. The van der Waals surface area contributed by atoms with E-state index in [0.29, 0.717) is 12.2 Å². The van der Waals surface area contributed by atoms with Gasteiger partial charge in [0.05, 0.1) is 32.3 Å². The summed E-state index contributed by atoms with van der Waals surface area (Å²) in [6.45, 7) is 28.8. The summed E-state index contributed by atoms with van der Waals surface area (Å²) in [7, 11) is -4.24. The maximum atomic E-state index is 13.9. The molecule has 3 rings (SSSR count). The Bertz CT molecular complexity index is 1600. The molecule has 5 atom stereocenters. The Balaban J connectivity index is 2.13. The quantitative estimate of drug-likeness (QED) is 0.0830. The number of rotatable bonds is 19. The zero-order valence-electron chi connectivity index (χ0n) is 34.8. The largest absolute Gasteiger partial charge is 0.408 e. The molecule has 1 saturated heterocycles. The summed E-state index contributed by atoms with van der Waals surface area (Å²) >= 11 is 1.79. The summed E-state index contributed by atoms with van der Waals surface area (Å²) in [4.78, 5) is 31.1. The van der Waals surface area contributed by atoms with Gasteiger partial charge in [-0.1, -0.05) is 66.7 Å². The standard InChI is InChI=1S/C39H64N5O7PSSi/c1-27(2)44(28(3)4)52(48-24-18-22-40)50-33-32(51-54(13,14)37(5,6)7)30(25-47-26-38(8,9)39(10,11)53-12)49-35(33)43-23-21-31(42-36(43)46)41-34(45)29-19-16-15-17-20-29/h15-17,19-21,23,27-28,30,32-33,35H,18,24-26H2,1-14H3,(H,41,42,45,46)/t30-,32?,33+,35-,52?/m1/s1. The van der Waals surface area contributed by atoms with Crippen LogP contribution in [-0.2, 0) is 22.9 Å². The van der Waals surface area contributed by atoms with Crippen molar-refractivity contribution in [3.8, 4) is 6.07 Å². The topological polar surface area (TPSA) is 137 Å². The molecular weight excluding hydrogens is 742 g/mol. The lowest BCUT2D eigenvalue weighted by atomic mass is 9.81. The highest BCUT2D eigenvalue weighted by molar-refractivity contribution is 8.00. The summed E-state index contributed by atoms with van der Waals surface area (Å²) in [5.41, 5.74) is -0.359. The lowest BCUT2D eigenvalue weighted by molar-refractivity contribution is -0.0774. The van der Waals surface area contributed by atoms with E-state index in [-0.39, 0.29) is 58.6 Å². The van der Waals surface area contributed by atoms with Crippen LogP contribution in [0.25, 0.3) is 0 Å². The molecular formula is C39H64N5O7PSSi. The SMILES string of the molecule is CSC(C)(C)C(C)(C)COC[C@H]1O[C@@H](n2ccc(NC(=O)c3ccccc3)nc2=O)[C@@H](OP(OCCC#N)N(C(C)C)C(C)C)C1O[Si](C)(C)C(C)(C)C. The molecule has 1 N–H and O–H groups in total. The fraction of sp³-hybridized carbons (Fsp3) is 0.692. The molecule has 12 nitrogen and oxygen atoms in total. The molecule has 0 saturated carbocycles. The van der Waals surface area contributed by atoms with E-state index >= 15 is 0 Å². The van der Waals surface area contributed by atoms with E-state index in [1.807, 2.05) is 6.07 Å². The van der Waals surface area contributed by atoms with Crippen LogP contribution in [0.1, 0.15) is 99.2 Å². The number of aromatic nitrogens is 2. The minimum Gasteiger partial charge on any atom is -0.408 e. The molecule has 1 aromatic carbocycles. The third-order valence-corrected chi connectivity index (χ3v) is 18.8. The summed E-state index contributed by atoms with van der Waals surface area (Å²) in [5, 5.41) is 11.9. The summed E-state index contributed by atoms with van der Waals surface area (Å²) in [6.07, 6.45) is 0.788. The number of thioether (sulfide) groups is 1. The number of nitrogens with zero attached hydrogens (tertiary/aromatic N) is 4. The second kappa shape index (κ2) is 19.3. The highest BCUT2D eigenvalue weighted by Crippen LogP contribution is 2.52. The number of ether oxygens (including phenoxy) is 2. The van der Waals surface area contributed by atoms with Crippen LogP contribution in [0.5, 0.6) is 0 Å². The molecule has 2 heterocycles. The molecule has 54 heavy (non-hydrogen) atoms. The third-order valence-electron chi connectivity index (χ3n) is 10.7. The van der Waals surface area contributed by atoms with Crippen molar-refractivity contribution in [2.75, 3.05) is 31.4 Å². The minimum absolute atomic E-state index is 0.0387. The van der Waals surface area contributed by atoms with Crippen LogP contribution in [0, 0.1) is 16.7 Å². The molecule has 15 heteroatoms. The molecule has 1 aromatic heterocycles. The van der Waals surface area contributed by atoms with Gasteiger partial charge in [-0.3, -0.25) is 9.36 Å². The van der Waals surface area contributed by atoms with Crippen molar-refractivity contribution < 1.29 is 27.7 Å². The number of benzene rings is 1.